The fourth-order valence-electron chi connectivity index (χ4n) is 2.33. The van der Waals surface area contributed by atoms with Gasteiger partial charge in [0.2, 0.25) is 0 Å². The number of nitro benzene ring substituents is 1. The zero-order chi connectivity index (χ0) is 17.8. The van der Waals surface area contributed by atoms with E-state index < -0.39 is 10.8 Å². The minimum atomic E-state index is -0.564. The number of benzene rings is 1. The zero-order valence-electron chi connectivity index (χ0n) is 12.9. The summed E-state index contributed by atoms with van der Waals surface area (Å²) < 4.78 is 0. The van der Waals surface area contributed by atoms with Gasteiger partial charge in [0.25, 0.3) is 11.6 Å². The topological polar surface area (TPSA) is 101 Å². The van der Waals surface area contributed by atoms with E-state index in [0.717, 1.165) is 16.3 Å². The van der Waals surface area contributed by atoms with Gasteiger partial charge in [0.1, 0.15) is 5.69 Å². The second-order valence-electron chi connectivity index (χ2n) is 5.13. The molecule has 25 heavy (non-hydrogen) atoms. The Morgan fingerprint density at radius 2 is 2.24 bits per heavy atom. The summed E-state index contributed by atoms with van der Waals surface area (Å²) in [5.74, 6) is -0.453. The van der Waals surface area contributed by atoms with E-state index >= 15 is 0 Å². The molecule has 0 aliphatic carbocycles. The van der Waals surface area contributed by atoms with Crippen molar-refractivity contribution in [3.8, 4) is 10.6 Å². The molecule has 0 aliphatic rings. The second-order valence-corrected chi connectivity index (χ2v) is 6.49. The molecule has 3 rings (SSSR count). The van der Waals surface area contributed by atoms with E-state index in [0.29, 0.717) is 13.0 Å². The lowest BCUT2D eigenvalue weighted by Gasteiger charge is -2.07. The van der Waals surface area contributed by atoms with Gasteiger partial charge in [-0.3, -0.25) is 14.9 Å². The number of H-pyrrole nitrogens is 1. The van der Waals surface area contributed by atoms with Crippen LogP contribution < -0.4 is 5.32 Å². The molecule has 2 N–H and O–H groups in total. The standard InChI is InChI=1S/C16H13ClN4O3S/c17-12-4-3-10(21(23)24)8-11(12)16(22)18-6-5-13-15(20-9-19-13)14-2-1-7-25-14/h1-4,7-9H,5-6H2,(H,18,22)(H,19,20). The Hall–Kier alpha value is -2.71. The summed E-state index contributed by atoms with van der Waals surface area (Å²) in [7, 11) is 0. The summed E-state index contributed by atoms with van der Waals surface area (Å²) in [6.07, 6.45) is 2.16. The van der Waals surface area contributed by atoms with Crippen LogP contribution in [0.5, 0.6) is 0 Å². The van der Waals surface area contributed by atoms with Crippen LogP contribution in [0.15, 0.2) is 42.0 Å². The number of halogens is 1. The number of thiophene rings is 1. The van der Waals surface area contributed by atoms with Crippen molar-refractivity contribution in [1.82, 2.24) is 15.3 Å². The van der Waals surface area contributed by atoms with Crippen molar-refractivity contribution in [3.63, 3.8) is 0 Å². The molecule has 0 fully saturated rings. The van der Waals surface area contributed by atoms with Crippen molar-refractivity contribution < 1.29 is 9.72 Å². The highest BCUT2D eigenvalue weighted by molar-refractivity contribution is 7.13. The van der Waals surface area contributed by atoms with Gasteiger partial charge in [0.15, 0.2) is 0 Å². The minimum absolute atomic E-state index is 0.0824. The molecule has 0 saturated carbocycles. The molecule has 9 heteroatoms. The van der Waals surface area contributed by atoms with Crippen LogP contribution >= 0.6 is 22.9 Å². The highest BCUT2D eigenvalue weighted by Gasteiger charge is 2.16. The Labute approximate surface area is 151 Å². The number of nitro groups is 1. The Morgan fingerprint density at radius 3 is 2.96 bits per heavy atom. The van der Waals surface area contributed by atoms with Gasteiger partial charge in [0.05, 0.1) is 26.7 Å². The number of nitrogens with zero attached hydrogens (tertiary/aromatic N) is 2. The lowest BCUT2D eigenvalue weighted by Crippen LogP contribution is -2.26. The largest absolute Gasteiger partial charge is 0.352 e. The number of non-ortho nitro benzene ring substituents is 1. The zero-order valence-corrected chi connectivity index (χ0v) is 14.4. The Balaban J connectivity index is 1.65. The van der Waals surface area contributed by atoms with Crippen molar-refractivity contribution in [3.05, 3.63) is 68.4 Å². The summed E-state index contributed by atoms with van der Waals surface area (Å²) in [5, 5.41) is 15.7. The van der Waals surface area contributed by atoms with Crippen LogP contribution in [0, 0.1) is 10.1 Å². The molecule has 2 aromatic heterocycles. The average Bonchev–Trinajstić information content (AvgIpc) is 3.25. The lowest BCUT2D eigenvalue weighted by atomic mass is 10.1. The van der Waals surface area contributed by atoms with Gasteiger partial charge in [-0.05, 0) is 17.5 Å². The monoisotopic (exact) mass is 376 g/mol. The van der Waals surface area contributed by atoms with Gasteiger partial charge in [-0.25, -0.2) is 4.98 Å². The van der Waals surface area contributed by atoms with E-state index in [2.05, 4.69) is 15.3 Å². The van der Waals surface area contributed by atoms with Gasteiger partial charge in [-0.2, -0.15) is 0 Å². The first kappa shape index (κ1) is 17.1. The van der Waals surface area contributed by atoms with Crippen LogP contribution in [-0.4, -0.2) is 27.3 Å². The number of rotatable bonds is 6. The first-order valence-corrected chi connectivity index (χ1v) is 8.60. The van der Waals surface area contributed by atoms with Crippen LogP contribution in [0.3, 0.4) is 0 Å². The highest BCUT2D eigenvalue weighted by atomic mass is 35.5. The first-order chi connectivity index (χ1) is 12.1. The van der Waals surface area contributed by atoms with Gasteiger partial charge in [-0.15, -0.1) is 11.3 Å². The number of hydrogen-bond donors (Lipinski definition) is 2. The third kappa shape index (κ3) is 3.86. The number of carbonyl (C=O) groups is 1. The molecule has 0 radical (unpaired) electrons. The highest BCUT2D eigenvalue weighted by Crippen LogP contribution is 2.25. The minimum Gasteiger partial charge on any atom is -0.352 e. The van der Waals surface area contributed by atoms with E-state index in [1.807, 2.05) is 17.5 Å². The van der Waals surface area contributed by atoms with E-state index in [4.69, 9.17) is 11.6 Å². The predicted octanol–water partition coefficient (Wildman–Crippen LogP) is 3.67. The van der Waals surface area contributed by atoms with Crippen molar-refractivity contribution in [1.29, 1.82) is 0 Å². The number of imidazole rings is 1. The summed E-state index contributed by atoms with van der Waals surface area (Å²) in [6, 6.07) is 7.71. The van der Waals surface area contributed by atoms with E-state index in [1.165, 1.54) is 18.2 Å². The Morgan fingerprint density at radius 1 is 1.40 bits per heavy atom. The van der Waals surface area contributed by atoms with E-state index in [9.17, 15) is 14.9 Å². The molecule has 0 saturated heterocycles. The van der Waals surface area contributed by atoms with Crippen LogP contribution in [0.4, 0.5) is 5.69 Å². The molecular formula is C16H13ClN4O3S. The number of aromatic amines is 1. The summed E-state index contributed by atoms with van der Waals surface area (Å²) in [5.41, 5.74) is 1.67. The van der Waals surface area contributed by atoms with Gasteiger partial charge in [-0.1, -0.05) is 17.7 Å². The Kier molecular flexibility index (Phi) is 5.11. The molecule has 1 amide bonds. The molecule has 7 nitrogen and oxygen atoms in total. The van der Waals surface area contributed by atoms with Crippen LogP contribution in [0.25, 0.3) is 10.6 Å². The van der Waals surface area contributed by atoms with Gasteiger partial charge in [0, 0.05) is 30.8 Å². The maximum Gasteiger partial charge on any atom is 0.270 e. The number of carbonyl (C=O) groups excluding carboxylic acids is 1. The smallest absolute Gasteiger partial charge is 0.270 e. The SMILES string of the molecule is O=C(NCCc1[nH]cnc1-c1cccs1)c1cc([N+](=O)[O-])ccc1Cl. The molecule has 0 spiro atoms. The van der Waals surface area contributed by atoms with Crippen LogP contribution in [0.1, 0.15) is 16.1 Å². The van der Waals surface area contributed by atoms with Crippen molar-refractivity contribution in [2.24, 2.45) is 0 Å². The number of nitrogens with one attached hydrogen (secondary N) is 2. The summed E-state index contributed by atoms with van der Waals surface area (Å²) in [4.78, 5) is 30.9. The first-order valence-electron chi connectivity index (χ1n) is 7.34. The maximum absolute atomic E-state index is 12.2. The summed E-state index contributed by atoms with van der Waals surface area (Å²) in [6.45, 7) is 0.346. The third-order valence-corrected chi connectivity index (χ3v) is 4.74. The fourth-order valence-corrected chi connectivity index (χ4v) is 3.29. The fraction of sp³-hybridized carbons (Fsp3) is 0.125. The predicted molar refractivity (Wildman–Crippen MR) is 96.0 cm³/mol. The van der Waals surface area contributed by atoms with Gasteiger partial charge < -0.3 is 10.3 Å². The molecule has 3 aromatic rings. The quantitative estimate of drug-likeness (QED) is 0.506. The van der Waals surface area contributed by atoms with Crippen LogP contribution in [0.2, 0.25) is 5.02 Å². The van der Waals surface area contributed by atoms with Gasteiger partial charge >= 0.3 is 0 Å². The maximum atomic E-state index is 12.2. The van der Waals surface area contributed by atoms with Crippen LogP contribution in [-0.2, 0) is 6.42 Å². The molecule has 0 aliphatic heterocycles. The van der Waals surface area contributed by atoms with Crippen molar-refractivity contribution >= 4 is 34.5 Å². The molecule has 2 heterocycles. The van der Waals surface area contributed by atoms with Crippen molar-refractivity contribution in [2.75, 3.05) is 6.54 Å². The molecular weight excluding hydrogens is 364 g/mol. The lowest BCUT2D eigenvalue weighted by molar-refractivity contribution is -0.384. The molecule has 1 aromatic carbocycles. The summed E-state index contributed by atoms with van der Waals surface area (Å²) >= 11 is 7.56. The number of amides is 1. The molecule has 0 unspecified atom stereocenters. The average molecular weight is 377 g/mol. The number of hydrogen-bond acceptors (Lipinski definition) is 5. The van der Waals surface area contributed by atoms with Crippen molar-refractivity contribution in [2.45, 2.75) is 6.42 Å². The molecule has 0 atom stereocenters. The number of aromatic nitrogens is 2. The Bertz CT molecular complexity index is 908. The molecule has 0 bridgehead atoms. The van der Waals surface area contributed by atoms with E-state index in [-0.39, 0.29) is 16.3 Å². The molecule has 128 valence electrons. The second kappa shape index (κ2) is 7.45. The third-order valence-electron chi connectivity index (χ3n) is 3.54. The normalized spacial score (nSPS) is 10.6. The van der Waals surface area contributed by atoms with E-state index in [1.54, 1.807) is 17.7 Å².